The molecule has 1 aliphatic heterocycles. The number of halogens is 1. The number of azide groups is 1. The largest absolute Gasteiger partial charge is 0.381 e. The molecule has 1 amide bonds. The van der Waals surface area contributed by atoms with E-state index in [0.717, 1.165) is 54.1 Å². The number of benzene rings is 1. The van der Waals surface area contributed by atoms with Crippen LogP contribution in [0.25, 0.3) is 21.6 Å². The van der Waals surface area contributed by atoms with E-state index < -0.39 is 6.04 Å². The number of hydrogen-bond donors (Lipinski definition) is 3. The van der Waals surface area contributed by atoms with Crippen LogP contribution >= 0.6 is 11.6 Å². The number of carbonyl (C=O) groups is 1. The van der Waals surface area contributed by atoms with Crippen LogP contribution < -0.4 is 10.6 Å². The summed E-state index contributed by atoms with van der Waals surface area (Å²) in [6.07, 6.45) is 5.53. The first-order valence-corrected chi connectivity index (χ1v) is 11.5. The molecule has 3 aromatic rings. The molecule has 10 heteroatoms. The molecule has 3 heterocycles. The molecule has 1 saturated heterocycles. The second-order valence-electron chi connectivity index (χ2n) is 8.21. The van der Waals surface area contributed by atoms with E-state index in [1.54, 1.807) is 30.5 Å². The molecule has 0 unspecified atom stereocenters. The number of aryl methyl sites for hydroxylation is 1. The third-order valence-corrected chi connectivity index (χ3v) is 6.03. The van der Waals surface area contributed by atoms with Gasteiger partial charge in [0.05, 0.1) is 12.6 Å². The van der Waals surface area contributed by atoms with Crippen LogP contribution in [0.5, 0.6) is 0 Å². The van der Waals surface area contributed by atoms with Crippen LogP contribution in [0.1, 0.15) is 40.5 Å². The predicted octanol–water partition coefficient (Wildman–Crippen LogP) is 5.41. The van der Waals surface area contributed by atoms with Gasteiger partial charge in [0.15, 0.2) is 0 Å². The zero-order valence-corrected chi connectivity index (χ0v) is 19.5. The fraction of sp³-hybridized carbons (Fsp3) is 0.333. The van der Waals surface area contributed by atoms with Gasteiger partial charge in [-0.25, -0.2) is 4.98 Å². The van der Waals surface area contributed by atoms with Crippen molar-refractivity contribution >= 4 is 23.3 Å². The van der Waals surface area contributed by atoms with E-state index >= 15 is 0 Å². The van der Waals surface area contributed by atoms with Gasteiger partial charge in [-0.1, -0.05) is 28.8 Å². The molecule has 34 heavy (non-hydrogen) atoms. The zero-order valence-electron chi connectivity index (χ0n) is 18.8. The molecule has 3 N–H and O–H groups in total. The Morgan fingerprint density at radius 2 is 2.18 bits per heavy atom. The number of aromatic amines is 1. The molecule has 1 aliphatic rings. The van der Waals surface area contributed by atoms with Crippen molar-refractivity contribution in [2.75, 3.05) is 25.1 Å². The highest BCUT2D eigenvalue weighted by molar-refractivity contribution is 6.30. The third-order valence-electron chi connectivity index (χ3n) is 5.80. The summed E-state index contributed by atoms with van der Waals surface area (Å²) in [7, 11) is 0. The average Bonchev–Trinajstić information content (AvgIpc) is 3.34. The van der Waals surface area contributed by atoms with Gasteiger partial charge in [-0.05, 0) is 66.3 Å². The minimum atomic E-state index is -0.508. The van der Waals surface area contributed by atoms with E-state index in [-0.39, 0.29) is 12.5 Å². The van der Waals surface area contributed by atoms with Gasteiger partial charge in [0.2, 0.25) is 0 Å². The van der Waals surface area contributed by atoms with Gasteiger partial charge in [-0.3, -0.25) is 4.79 Å². The molecule has 0 saturated carbocycles. The Labute approximate surface area is 202 Å². The zero-order chi connectivity index (χ0) is 23.9. The number of rotatable bonds is 8. The Kier molecular flexibility index (Phi) is 7.69. The highest BCUT2D eigenvalue weighted by Crippen LogP contribution is 2.27. The third kappa shape index (κ3) is 5.88. The van der Waals surface area contributed by atoms with E-state index in [4.69, 9.17) is 21.9 Å². The summed E-state index contributed by atoms with van der Waals surface area (Å²) in [6.45, 7) is 3.56. The number of anilines is 1. The van der Waals surface area contributed by atoms with E-state index in [0.29, 0.717) is 16.8 Å². The lowest BCUT2D eigenvalue weighted by molar-refractivity contribution is 0.0903. The monoisotopic (exact) mass is 479 g/mol. The number of amides is 1. The van der Waals surface area contributed by atoms with Crippen LogP contribution in [0.4, 0.5) is 5.82 Å². The first-order chi connectivity index (χ1) is 16.5. The van der Waals surface area contributed by atoms with Crippen molar-refractivity contribution in [3.05, 3.63) is 81.1 Å². The normalized spacial score (nSPS) is 14.8. The minimum Gasteiger partial charge on any atom is -0.381 e. The fourth-order valence-electron chi connectivity index (χ4n) is 3.96. The van der Waals surface area contributed by atoms with Crippen LogP contribution in [0.3, 0.4) is 0 Å². The molecule has 4 rings (SSSR count). The SMILES string of the molecule is Cc1cnc(NC2CCOCC2)cc1-c1c[nH]c(C(=O)N[C@H](CN=[N+]=[N-])c2cccc(Cl)c2)c1. The quantitative estimate of drug-likeness (QED) is 0.226. The van der Waals surface area contributed by atoms with Crippen LogP contribution in [0.15, 0.2) is 53.9 Å². The lowest BCUT2D eigenvalue weighted by Gasteiger charge is -2.24. The van der Waals surface area contributed by atoms with Crippen molar-refractivity contribution in [3.8, 4) is 11.1 Å². The molecule has 0 radical (unpaired) electrons. The summed E-state index contributed by atoms with van der Waals surface area (Å²) >= 11 is 6.10. The summed E-state index contributed by atoms with van der Waals surface area (Å²) in [4.78, 5) is 23.4. The topological polar surface area (TPSA) is 128 Å². The summed E-state index contributed by atoms with van der Waals surface area (Å²) in [5, 5.41) is 10.6. The highest BCUT2D eigenvalue weighted by Gasteiger charge is 2.19. The second kappa shape index (κ2) is 11.1. The number of ether oxygens (including phenoxy) is 1. The lowest BCUT2D eigenvalue weighted by Crippen LogP contribution is -2.30. The predicted molar refractivity (Wildman–Crippen MR) is 132 cm³/mol. The number of hydrogen-bond acceptors (Lipinski definition) is 5. The molecule has 1 aromatic carbocycles. The first-order valence-electron chi connectivity index (χ1n) is 11.1. The molecule has 176 valence electrons. The highest BCUT2D eigenvalue weighted by atomic mass is 35.5. The standard InChI is InChI=1S/C24H26ClN7O2/c1-15-12-28-23(30-19-5-7-34-8-6-19)11-20(15)17-10-21(27-13-17)24(33)31-22(14-29-32-26)16-3-2-4-18(25)9-16/h2-4,9-13,19,22,27H,5-8,14H2,1H3,(H,28,30)(H,31,33)/t22-/m1/s1. The molecule has 0 bridgehead atoms. The van der Waals surface area contributed by atoms with Crippen molar-refractivity contribution in [3.63, 3.8) is 0 Å². The van der Waals surface area contributed by atoms with Crippen LogP contribution in [0.2, 0.25) is 5.02 Å². The van der Waals surface area contributed by atoms with E-state index in [2.05, 4.69) is 30.6 Å². The Morgan fingerprint density at radius 3 is 2.94 bits per heavy atom. The van der Waals surface area contributed by atoms with E-state index in [9.17, 15) is 4.79 Å². The molecule has 0 aliphatic carbocycles. The van der Waals surface area contributed by atoms with Gasteiger partial charge in [0.1, 0.15) is 11.5 Å². The van der Waals surface area contributed by atoms with Gasteiger partial charge in [0, 0.05) is 47.1 Å². The Morgan fingerprint density at radius 1 is 1.35 bits per heavy atom. The molecular formula is C24H26ClN7O2. The maximum Gasteiger partial charge on any atom is 0.268 e. The van der Waals surface area contributed by atoms with Gasteiger partial charge in [-0.15, -0.1) is 0 Å². The molecule has 0 spiro atoms. The Balaban J connectivity index is 1.51. The summed E-state index contributed by atoms with van der Waals surface area (Å²) in [6, 6.07) is 10.7. The maximum absolute atomic E-state index is 13.0. The summed E-state index contributed by atoms with van der Waals surface area (Å²) < 4.78 is 5.43. The molecule has 1 atom stereocenters. The van der Waals surface area contributed by atoms with Crippen LogP contribution in [-0.4, -0.2) is 41.7 Å². The fourth-order valence-corrected chi connectivity index (χ4v) is 4.16. The maximum atomic E-state index is 13.0. The molecule has 2 aromatic heterocycles. The average molecular weight is 480 g/mol. The molecule has 9 nitrogen and oxygen atoms in total. The minimum absolute atomic E-state index is 0.0703. The number of nitrogens with one attached hydrogen (secondary N) is 3. The van der Waals surface area contributed by atoms with Crippen molar-refractivity contribution in [2.45, 2.75) is 31.8 Å². The summed E-state index contributed by atoms with van der Waals surface area (Å²) in [5.41, 5.74) is 12.8. The van der Waals surface area contributed by atoms with Crippen molar-refractivity contribution in [1.29, 1.82) is 0 Å². The van der Waals surface area contributed by atoms with Gasteiger partial charge in [-0.2, -0.15) is 0 Å². The number of H-pyrrole nitrogens is 1. The van der Waals surface area contributed by atoms with Crippen molar-refractivity contribution in [1.82, 2.24) is 15.3 Å². The number of nitrogens with zero attached hydrogens (tertiary/aromatic N) is 4. The Bertz CT molecular complexity index is 1200. The molecule has 1 fully saturated rings. The Hall–Kier alpha value is -3.52. The number of aromatic nitrogens is 2. The van der Waals surface area contributed by atoms with Gasteiger partial charge < -0.3 is 20.4 Å². The first kappa shape index (κ1) is 23.6. The smallest absolute Gasteiger partial charge is 0.268 e. The van der Waals surface area contributed by atoms with Crippen molar-refractivity contribution in [2.24, 2.45) is 5.11 Å². The van der Waals surface area contributed by atoms with E-state index in [1.165, 1.54) is 0 Å². The van der Waals surface area contributed by atoms with Crippen LogP contribution in [0, 0.1) is 6.92 Å². The van der Waals surface area contributed by atoms with Crippen molar-refractivity contribution < 1.29 is 9.53 Å². The van der Waals surface area contributed by atoms with Gasteiger partial charge in [0.25, 0.3) is 5.91 Å². The lowest BCUT2D eigenvalue weighted by atomic mass is 10.0. The second-order valence-corrected chi connectivity index (χ2v) is 8.65. The molecular weight excluding hydrogens is 454 g/mol. The number of pyridine rings is 1. The summed E-state index contributed by atoms with van der Waals surface area (Å²) in [5.74, 6) is 0.492. The van der Waals surface area contributed by atoms with Crippen LogP contribution in [-0.2, 0) is 4.74 Å². The van der Waals surface area contributed by atoms with E-state index in [1.807, 2.05) is 25.3 Å². The van der Waals surface area contributed by atoms with Gasteiger partial charge >= 0.3 is 0 Å². The number of carbonyl (C=O) groups excluding carboxylic acids is 1.